The van der Waals surface area contributed by atoms with E-state index < -0.39 is 0 Å². The van der Waals surface area contributed by atoms with Crippen molar-refractivity contribution in [3.8, 4) is 5.75 Å². The Hall–Kier alpha value is -1.55. The Morgan fingerprint density at radius 1 is 1.35 bits per heavy atom. The number of rotatable bonds is 5. The Bertz CT molecular complexity index is 625. The van der Waals surface area contributed by atoms with Gasteiger partial charge in [0.05, 0.1) is 12.8 Å². The molecule has 0 saturated carbocycles. The molecule has 2 rings (SSSR count). The van der Waals surface area contributed by atoms with Gasteiger partial charge in [-0.15, -0.1) is 11.3 Å². The third-order valence-electron chi connectivity index (χ3n) is 3.20. The number of thiazole rings is 1. The van der Waals surface area contributed by atoms with Crippen LogP contribution in [0.2, 0.25) is 0 Å². The van der Waals surface area contributed by atoms with Crippen LogP contribution in [0.15, 0.2) is 34.6 Å². The second-order valence-electron chi connectivity index (χ2n) is 5.31. The van der Waals surface area contributed by atoms with Crippen molar-refractivity contribution >= 4 is 17.0 Å². The van der Waals surface area contributed by atoms with Crippen LogP contribution in [0.4, 0.5) is 5.69 Å². The lowest BCUT2D eigenvalue weighted by atomic mass is 10.1. The fourth-order valence-corrected chi connectivity index (χ4v) is 2.88. The van der Waals surface area contributed by atoms with Gasteiger partial charge in [-0.3, -0.25) is 0 Å². The lowest BCUT2D eigenvalue weighted by molar-refractivity contribution is 0.415. The summed E-state index contributed by atoms with van der Waals surface area (Å²) in [4.78, 5) is 5.80. The highest BCUT2D eigenvalue weighted by Gasteiger charge is 2.03. The first kappa shape index (κ1) is 14.9. The molecule has 0 unspecified atom stereocenters. The number of methoxy groups -OCH3 is 1. The summed E-state index contributed by atoms with van der Waals surface area (Å²) in [7, 11) is 1.68. The molecule has 0 aliphatic heterocycles. The SMILES string of the molecule is COc1cccc(N=c2scc(C)n2CCC(C)C)c1. The molecular weight excluding hydrogens is 268 g/mol. The van der Waals surface area contributed by atoms with Crippen LogP contribution in [-0.2, 0) is 6.54 Å². The zero-order valence-electron chi connectivity index (χ0n) is 12.6. The van der Waals surface area contributed by atoms with E-state index in [1.54, 1.807) is 18.4 Å². The van der Waals surface area contributed by atoms with Gasteiger partial charge in [-0.1, -0.05) is 19.9 Å². The zero-order valence-corrected chi connectivity index (χ0v) is 13.4. The van der Waals surface area contributed by atoms with Gasteiger partial charge >= 0.3 is 0 Å². The first-order chi connectivity index (χ1) is 9.60. The van der Waals surface area contributed by atoms with Crippen LogP contribution >= 0.6 is 11.3 Å². The molecule has 1 heterocycles. The molecule has 3 nitrogen and oxygen atoms in total. The monoisotopic (exact) mass is 290 g/mol. The zero-order chi connectivity index (χ0) is 14.5. The van der Waals surface area contributed by atoms with Crippen LogP contribution in [-0.4, -0.2) is 11.7 Å². The Labute approximate surface area is 124 Å². The van der Waals surface area contributed by atoms with Crippen molar-refractivity contribution in [2.24, 2.45) is 10.9 Å². The molecule has 0 aliphatic rings. The summed E-state index contributed by atoms with van der Waals surface area (Å²) in [6.45, 7) is 7.67. The minimum absolute atomic E-state index is 0.700. The highest BCUT2D eigenvalue weighted by molar-refractivity contribution is 7.07. The molecular formula is C16H22N2OS. The minimum atomic E-state index is 0.700. The molecule has 1 aromatic carbocycles. The van der Waals surface area contributed by atoms with E-state index in [1.807, 2.05) is 24.3 Å². The largest absolute Gasteiger partial charge is 0.497 e. The summed E-state index contributed by atoms with van der Waals surface area (Å²) in [5, 5.41) is 2.17. The van der Waals surface area contributed by atoms with Crippen molar-refractivity contribution in [3.05, 3.63) is 40.1 Å². The first-order valence-electron chi connectivity index (χ1n) is 6.94. The second-order valence-corrected chi connectivity index (χ2v) is 6.14. The van der Waals surface area contributed by atoms with Gasteiger partial charge in [-0.2, -0.15) is 0 Å². The van der Waals surface area contributed by atoms with Gasteiger partial charge in [-0.05, 0) is 31.4 Å². The fourth-order valence-electron chi connectivity index (χ4n) is 1.95. The van der Waals surface area contributed by atoms with E-state index in [4.69, 9.17) is 9.73 Å². The summed E-state index contributed by atoms with van der Waals surface area (Å²) in [6, 6.07) is 7.87. The molecule has 0 radical (unpaired) electrons. The average Bonchev–Trinajstić information content (AvgIpc) is 2.77. The van der Waals surface area contributed by atoms with E-state index in [9.17, 15) is 0 Å². The predicted octanol–water partition coefficient (Wildman–Crippen LogP) is 4.15. The third kappa shape index (κ3) is 3.73. The maximum Gasteiger partial charge on any atom is 0.190 e. The lowest BCUT2D eigenvalue weighted by Gasteiger charge is -2.08. The molecule has 0 N–H and O–H groups in total. The summed E-state index contributed by atoms with van der Waals surface area (Å²) >= 11 is 1.69. The van der Waals surface area contributed by atoms with Gasteiger partial charge in [0.15, 0.2) is 4.80 Å². The van der Waals surface area contributed by atoms with Crippen molar-refractivity contribution in [2.75, 3.05) is 7.11 Å². The van der Waals surface area contributed by atoms with Gasteiger partial charge < -0.3 is 9.30 Å². The number of nitrogens with zero attached hydrogens (tertiary/aromatic N) is 2. The number of aryl methyl sites for hydroxylation is 1. The second kappa shape index (κ2) is 6.75. The summed E-state index contributed by atoms with van der Waals surface area (Å²) in [5.74, 6) is 1.54. The van der Waals surface area contributed by atoms with E-state index in [0.717, 1.165) is 22.8 Å². The van der Waals surface area contributed by atoms with Crippen molar-refractivity contribution in [1.82, 2.24) is 4.57 Å². The molecule has 108 valence electrons. The van der Waals surface area contributed by atoms with Crippen molar-refractivity contribution in [3.63, 3.8) is 0 Å². The molecule has 0 fully saturated rings. The van der Waals surface area contributed by atoms with E-state index in [2.05, 4.69) is 30.7 Å². The quantitative estimate of drug-likeness (QED) is 0.812. The van der Waals surface area contributed by atoms with E-state index >= 15 is 0 Å². The molecule has 0 bridgehead atoms. The van der Waals surface area contributed by atoms with Gasteiger partial charge in [0.1, 0.15) is 5.75 Å². The fraction of sp³-hybridized carbons (Fsp3) is 0.438. The maximum absolute atomic E-state index is 5.24. The van der Waals surface area contributed by atoms with Crippen LogP contribution in [0.5, 0.6) is 5.75 Å². The first-order valence-corrected chi connectivity index (χ1v) is 7.82. The number of benzene rings is 1. The van der Waals surface area contributed by atoms with E-state index in [0.29, 0.717) is 5.92 Å². The summed E-state index contributed by atoms with van der Waals surface area (Å²) in [6.07, 6.45) is 1.17. The molecule has 0 aliphatic carbocycles. The van der Waals surface area contributed by atoms with Crippen molar-refractivity contribution in [2.45, 2.75) is 33.7 Å². The standard InChI is InChI=1S/C16H22N2OS/c1-12(2)8-9-18-13(3)11-20-16(18)17-14-6-5-7-15(10-14)19-4/h5-7,10-12H,8-9H2,1-4H3. The number of hydrogen-bond acceptors (Lipinski definition) is 3. The smallest absolute Gasteiger partial charge is 0.190 e. The third-order valence-corrected chi connectivity index (χ3v) is 4.18. The van der Waals surface area contributed by atoms with Crippen molar-refractivity contribution < 1.29 is 4.74 Å². The molecule has 0 atom stereocenters. The summed E-state index contributed by atoms with van der Waals surface area (Å²) < 4.78 is 7.54. The maximum atomic E-state index is 5.24. The van der Waals surface area contributed by atoms with Gasteiger partial charge in [0.25, 0.3) is 0 Å². The molecule has 0 spiro atoms. The van der Waals surface area contributed by atoms with Gasteiger partial charge in [0.2, 0.25) is 0 Å². The van der Waals surface area contributed by atoms with E-state index in [1.165, 1.54) is 12.1 Å². The Morgan fingerprint density at radius 2 is 2.15 bits per heavy atom. The Morgan fingerprint density at radius 3 is 2.85 bits per heavy atom. The predicted molar refractivity (Wildman–Crippen MR) is 84.7 cm³/mol. The van der Waals surface area contributed by atoms with E-state index in [-0.39, 0.29) is 0 Å². The highest BCUT2D eigenvalue weighted by Crippen LogP contribution is 2.19. The van der Waals surface area contributed by atoms with Crippen LogP contribution in [0.3, 0.4) is 0 Å². The minimum Gasteiger partial charge on any atom is -0.497 e. The van der Waals surface area contributed by atoms with Crippen molar-refractivity contribution in [1.29, 1.82) is 0 Å². The normalized spacial score (nSPS) is 12.2. The number of ether oxygens (including phenoxy) is 1. The average molecular weight is 290 g/mol. The number of hydrogen-bond donors (Lipinski definition) is 0. The molecule has 4 heteroatoms. The molecule has 20 heavy (non-hydrogen) atoms. The topological polar surface area (TPSA) is 26.5 Å². The van der Waals surface area contributed by atoms with Crippen LogP contribution in [0, 0.1) is 12.8 Å². The molecule has 1 aromatic heterocycles. The molecule has 2 aromatic rings. The van der Waals surface area contributed by atoms with Crippen LogP contribution in [0.1, 0.15) is 26.0 Å². The summed E-state index contributed by atoms with van der Waals surface area (Å²) in [5.41, 5.74) is 2.21. The van der Waals surface area contributed by atoms with Gasteiger partial charge in [0, 0.05) is 23.7 Å². The Balaban J connectivity index is 2.33. The highest BCUT2D eigenvalue weighted by atomic mass is 32.1. The molecule has 0 amide bonds. The lowest BCUT2D eigenvalue weighted by Crippen LogP contribution is -2.17. The van der Waals surface area contributed by atoms with Gasteiger partial charge in [-0.25, -0.2) is 4.99 Å². The van der Waals surface area contributed by atoms with Crippen LogP contribution < -0.4 is 9.54 Å². The Kier molecular flexibility index (Phi) is 5.01. The van der Waals surface area contributed by atoms with Crippen LogP contribution in [0.25, 0.3) is 0 Å². The number of aromatic nitrogens is 1. The molecule has 0 saturated heterocycles.